The molecule has 2 aromatic rings. The van der Waals surface area contributed by atoms with Crippen molar-refractivity contribution in [2.45, 2.75) is 0 Å². The third-order valence-corrected chi connectivity index (χ3v) is 1.87. The number of aromatic hydroxyl groups is 1. The van der Waals surface area contributed by atoms with Crippen LogP contribution in [0.4, 0.5) is 0 Å². The Balaban J connectivity index is 2.67. The van der Waals surface area contributed by atoms with Crippen LogP contribution in [0.5, 0.6) is 5.75 Å². The summed E-state index contributed by atoms with van der Waals surface area (Å²) in [4.78, 5) is 12.2. The third-order valence-electron chi connectivity index (χ3n) is 1.87. The van der Waals surface area contributed by atoms with Crippen molar-refractivity contribution in [1.82, 2.24) is 0 Å². The smallest absolute Gasteiger partial charge is 0.193 e. The highest BCUT2D eigenvalue weighted by Crippen LogP contribution is 2.13. The average Bonchev–Trinajstić information content (AvgIpc) is 2.44. The van der Waals surface area contributed by atoms with E-state index in [9.17, 15) is 9.90 Å². The van der Waals surface area contributed by atoms with E-state index in [1.807, 2.05) is 0 Å². The first-order chi connectivity index (χ1) is 8.95. The molecule has 0 radical (unpaired) electrons. The van der Waals surface area contributed by atoms with Crippen LogP contribution in [0.15, 0.2) is 54.5 Å². The minimum atomic E-state index is -0.750. The van der Waals surface area contributed by atoms with E-state index in [1.165, 1.54) is 12.1 Å². The molecule has 0 aromatic heterocycles. The van der Waals surface area contributed by atoms with Gasteiger partial charge < -0.3 is 5.11 Å². The summed E-state index contributed by atoms with van der Waals surface area (Å²) in [6, 6.07) is 5.78. The zero-order chi connectivity index (χ0) is 14.2. The summed E-state index contributed by atoms with van der Waals surface area (Å²) in [6.45, 7) is 0. The van der Waals surface area contributed by atoms with Crippen molar-refractivity contribution in [1.29, 1.82) is 0 Å². The van der Waals surface area contributed by atoms with Crippen molar-refractivity contribution in [3.63, 3.8) is 0 Å². The molecule has 0 aliphatic rings. The normalized spacial score (nSPS) is 13.6. The zero-order valence-corrected chi connectivity index (χ0v) is 7.74. The van der Waals surface area contributed by atoms with Crippen molar-refractivity contribution < 1.29 is 15.4 Å². The lowest BCUT2D eigenvalue weighted by Crippen LogP contribution is -1.99. The van der Waals surface area contributed by atoms with Crippen LogP contribution in [0.1, 0.15) is 21.4 Å². The third kappa shape index (κ3) is 2.05. The molecular formula is C13H10O2. The molecular weight excluding hydrogens is 188 g/mol. The lowest BCUT2D eigenvalue weighted by atomic mass is 10.0. The van der Waals surface area contributed by atoms with Gasteiger partial charge in [-0.15, -0.1) is 0 Å². The molecule has 0 heterocycles. The van der Waals surface area contributed by atoms with Gasteiger partial charge in [-0.3, -0.25) is 4.79 Å². The molecule has 1 N–H and O–H groups in total. The van der Waals surface area contributed by atoms with E-state index in [2.05, 4.69) is 0 Å². The Labute approximate surface area is 93.4 Å². The molecule has 0 saturated carbocycles. The van der Waals surface area contributed by atoms with Gasteiger partial charge in [0, 0.05) is 11.1 Å². The number of carbonyl (C=O) groups excluding carboxylic acids is 1. The molecule has 0 aliphatic carbocycles. The minimum absolute atomic E-state index is 0.272. The first kappa shape index (κ1) is 5.71. The van der Waals surface area contributed by atoms with Crippen LogP contribution in [0.25, 0.3) is 0 Å². The average molecular weight is 202 g/mol. The summed E-state index contributed by atoms with van der Waals surface area (Å²) in [5, 5.41) is 9.42. The van der Waals surface area contributed by atoms with Crippen LogP contribution in [0.3, 0.4) is 0 Å². The molecule has 2 heteroatoms. The van der Waals surface area contributed by atoms with Gasteiger partial charge in [-0.25, -0.2) is 0 Å². The number of carbonyl (C=O) groups is 1. The van der Waals surface area contributed by atoms with Gasteiger partial charge in [-0.1, -0.05) is 30.3 Å². The Hall–Kier alpha value is -2.09. The van der Waals surface area contributed by atoms with E-state index in [0.717, 1.165) is 0 Å². The predicted octanol–water partition coefficient (Wildman–Crippen LogP) is 2.62. The van der Waals surface area contributed by atoms with Crippen molar-refractivity contribution in [2.75, 3.05) is 0 Å². The number of benzene rings is 2. The van der Waals surface area contributed by atoms with Gasteiger partial charge in [-0.2, -0.15) is 0 Å². The summed E-state index contributed by atoms with van der Waals surface area (Å²) >= 11 is 0. The van der Waals surface area contributed by atoms with Gasteiger partial charge >= 0.3 is 0 Å². The van der Waals surface area contributed by atoms with Crippen LogP contribution in [0.2, 0.25) is 0 Å². The Morgan fingerprint density at radius 1 is 1.00 bits per heavy atom. The van der Waals surface area contributed by atoms with Crippen molar-refractivity contribution in [3.8, 4) is 5.75 Å². The summed E-state index contributed by atoms with van der Waals surface area (Å²) in [5.41, 5.74) is -0.0620. The number of rotatable bonds is 2. The number of phenols is 1. The molecule has 2 aromatic carbocycles. The number of hydrogen-bond donors (Lipinski definition) is 1. The zero-order valence-electron chi connectivity index (χ0n) is 11.7. The van der Waals surface area contributed by atoms with Gasteiger partial charge in [0.15, 0.2) is 5.78 Å². The lowest BCUT2D eigenvalue weighted by Gasteiger charge is -2.00. The molecule has 0 spiro atoms. The van der Waals surface area contributed by atoms with E-state index in [0.29, 0.717) is 0 Å². The molecule has 0 amide bonds. The number of ketones is 1. The SMILES string of the molecule is [2H]c1c([2H])c(C(=O)c2ccccc2)c([2H])c([2H])c1O. The quantitative estimate of drug-likeness (QED) is 0.760. The fourth-order valence-corrected chi connectivity index (χ4v) is 1.15. The largest absolute Gasteiger partial charge is 0.508 e. The molecule has 0 atom stereocenters. The standard InChI is InChI=1S/C13H10O2/c14-12-8-6-11(7-9-12)13(15)10-4-2-1-3-5-10/h1-9,14H/i6D,7D,8D,9D. The van der Waals surface area contributed by atoms with Crippen molar-refractivity contribution in [2.24, 2.45) is 0 Å². The van der Waals surface area contributed by atoms with Crippen LogP contribution < -0.4 is 0 Å². The van der Waals surface area contributed by atoms with E-state index in [-0.39, 0.29) is 11.1 Å². The minimum Gasteiger partial charge on any atom is -0.508 e. The molecule has 0 fully saturated rings. The molecule has 74 valence electrons. The second kappa shape index (κ2) is 3.96. The molecule has 2 rings (SSSR count). The summed E-state index contributed by atoms with van der Waals surface area (Å²) in [7, 11) is 0. The van der Waals surface area contributed by atoms with Gasteiger partial charge in [0.05, 0.1) is 5.48 Å². The van der Waals surface area contributed by atoms with Crippen molar-refractivity contribution in [3.05, 3.63) is 65.6 Å². The van der Waals surface area contributed by atoms with Gasteiger partial charge in [-0.05, 0) is 24.2 Å². The van der Waals surface area contributed by atoms with Crippen LogP contribution in [-0.2, 0) is 0 Å². The summed E-state index contributed by atoms with van der Waals surface area (Å²) < 4.78 is 30.3. The van der Waals surface area contributed by atoms with Crippen LogP contribution >= 0.6 is 0 Å². The second-order valence-electron chi connectivity index (χ2n) is 2.92. The topological polar surface area (TPSA) is 37.3 Å². The first-order valence-corrected chi connectivity index (χ1v) is 4.34. The Morgan fingerprint density at radius 3 is 2.20 bits per heavy atom. The Morgan fingerprint density at radius 2 is 1.60 bits per heavy atom. The van der Waals surface area contributed by atoms with Gasteiger partial charge in [0.1, 0.15) is 5.75 Å². The predicted molar refractivity (Wildman–Crippen MR) is 58.0 cm³/mol. The van der Waals surface area contributed by atoms with Crippen LogP contribution in [0, 0.1) is 0 Å². The fraction of sp³-hybridized carbons (Fsp3) is 0. The van der Waals surface area contributed by atoms with Crippen LogP contribution in [-0.4, -0.2) is 10.9 Å². The number of phenolic OH excluding ortho intramolecular Hbond substituents is 1. The molecule has 0 aliphatic heterocycles. The van der Waals surface area contributed by atoms with Gasteiger partial charge in [0.25, 0.3) is 0 Å². The van der Waals surface area contributed by atoms with Crippen molar-refractivity contribution >= 4 is 5.78 Å². The first-order valence-electron chi connectivity index (χ1n) is 6.34. The van der Waals surface area contributed by atoms with E-state index >= 15 is 0 Å². The lowest BCUT2D eigenvalue weighted by molar-refractivity contribution is 0.103. The highest BCUT2D eigenvalue weighted by atomic mass is 16.3. The highest BCUT2D eigenvalue weighted by molar-refractivity contribution is 6.08. The molecule has 2 nitrogen and oxygen atoms in total. The maximum Gasteiger partial charge on any atom is 0.193 e. The Kier molecular flexibility index (Phi) is 1.51. The number of hydrogen-bond acceptors (Lipinski definition) is 2. The maximum atomic E-state index is 12.2. The fourth-order valence-electron chi connectivity index (χ4n) is 1.15. The second-order valence-corrected chi connectivity index (χ2v) is 2.92. The van der Waals surface area contributed by atoms with E-state index in [1.54, 1.807) is 18.2 Å². The monoisotopic (exact) mass is 202 g/mol. The van der Waals surface area contributed by atoms with Gasteiger partial charge in [0.2, 0.25) is 0 Å². The summed E-state index contributed by atoms with van der Waals surface area (Å²) in [5.74, 6) is -1.35. The maximum absolute atomic E-state index is 12.2. The molecule has 0 saturated heterocycles. The molecule has 0 bridgehead atoms. The van der Waals surface area contributed by atoms with E-state index < -0.39 is 35.7 Å². The molecule has 15 heavy (non-hydrogen) atoms. The Bertz CT molecular complexity index is 624. The summed E-state index contributed by atoms with van der Waals surface area (Å²) in [6.07, 6.45) is 0. The van der Waals surface area contributed by atoms with E-state index in [4.69, 9.17) is 5.48 Å². The molecule has 0 unspecified atom stereocenters. The highest BCUT2D eigenvalue weighted by Gasteiger charge is 2.07.